The molecule has 0 saturated carbocycles. The molecule has 3 rings (SSSR count). The van der Waals surface area contributed by atoms with E-state index >= 15 is 0 Å². The van der Waals surface area contributed by atoms with Crippen molar-refractivity contribution >= 4 is 39.0 Å². The van der Waals surface area contributed by atoms with Crippen molar-refractivity contribution in [2.45, 2.75) is 18.7 Å². The van der Waals surface area contributed by atoms with Crippen molar-refractivity contribution in [1.82, 2.24) is 4.31 Å². The van der Waals surface area contributed by atoms with Gasteiger partial charge in [-0.1, -0.05) is 19.9 Å². The van der Waals surface area contributed by atoms with Gasteiger partial charge in [0.2, 0.25) is 10.0 Å². The summed E-state index contributed by atoms with van der Waals surface area (Å²) >= 11 is 0. The molecule has 1 N–H and O–H groups in total. The van der Waals surface area contributed by atoms with Gasteiger partial charge in [-0.2, -0.15) is 9.41 Å². The van der Waals surface area contributed by atoms with Crippen molar-refractivity contribution in [3.8, 4) is 0 Å². The Morgan fingerprint density at radius 2 is 1.77 bits per heavy atom. The van der Waals surface area contributed by atoms with Gasteiger partial charge in [0.05, 0.1) is 35.0 Å². The minimum absolute atomic E-state index is 0.0400. The molecule has 0 radical (unpaired) electrons. The first-order valence-corrected chi connectivity index (χ1v) is 12.3. The maximum absolute atomic E-state index is 13.1. The van der Waals surface area contributed by atoms with Crippen LogP contribution in [0.15, 0.2) is 46.4 Å². The molecule has 0 amide bonds. The van der Waals surface area contributed by atoms with E-state index in [2.05, 4.69) is 10.5 Å². The average molecular weight is 507 g/mol. The molecule has 14 heteroatoms. The second kappa shape index (κ2) is 11.2. The number of nitrogens with zero attached hydrogens (tertiary/aromatic N) is 5. The summed E-state index contributed by atoms with van der Waals surface area (Å²) in [6.07, 6.45) is 1.31. The molecule has 1 aliphatic heterocycles. The first-order valence-electron chi connectivity index (χ1n) is 10.9. The fraction of sp³-hybridized carbons (Fsp3) is 0.381. The topological polar surface area (TPSA) is 161 Å². The lowest BCUT2D eigenvalue weighted by atomic mass is 10.1. The molecule has 2 aromatic rings. The van der Waals surface area contributed by atoms with Crippen molar-refractivity contribution in [3.05, 3.63) is 62.2 Å². The molecular formula is C21H26N6O7S. The van der Waals surface area contributed by atoms with E-state index in [-0.39, 0.29) is 35.0 Å². The molecule has 0 aliphatic carbocycles. The largest absolute Gasteiger partial charge is 0.378 e. The number of benzene rings is 2. The SMILES string of the molecule is CCN(CC)S(=O)(=O)c1cc([N+](=O)[O-])ccc1NN=Cc1ccc(N2CCOCC2)c([N+](=O)[O-])c1. The highest BCUT2D eigenvalue weighted by atomic mass is 32.2. The highest BCUT2D eigenvalue weighted by Crippen LogP contribution is 2.31. The number of rotatable bonds is 10. The number of nitro groups is 2. The highest BCUT2D eigenvalue weighted by Gasteiger charge is 2.27. The maximum atomic E-state index is 13.1. The zero-order valence-corrected chi connectivity index (χ0v) is 20.1. The molecule has 13 nitrogen and oxygen atoms in total. The second-order valence-corrected chi connectivity index (χ2v) is 9.41. The Bertz CT molecular complexity index is 1220. The third kappa shape index (κ3) is 5.90. The molecule has 0 spiro atoms. The summed E-state index contributed by atoms with van der Waals surface area (Å²) < 4.78 is 32.6. The van der Waals surface area contributed by atoms with E-state index < -0.39 is 19.9 Å². The zero-order valence-electron chi connectivity index (χ0n) is 19.3. The van der Waals surface area contributed by atoms with Crippen LogP contribution in [0.2, 0.25) is 0 Å². The zero-order chi connectivity index (χ0) is 25.6. The molecule has 0 aromatic heterocycles. The molecule has 0 unspecified atom stereocenters. The van der Waals surface area contributed by atoms with Gasteiger partial charge in [-0.25, -0.2) is 8.42 Å². The number of nitro benzene ring substituents is 2. The standard InChI is InChI=1S/C21H26N6O7S/c1-3-25(4-2)35(32,33)21-14-17(26(28)29)6-7-18(21)23-22-15-16-5-8-19(20(13-16)27(30)31)24-9-11-34-12-10-24/h5-8,13-15,23H,3-4,9-12H2,1-2H3. The third-order valence-electron chi connectivity index (χ3n) is 5.45. The second-order valence-electron chi connectivity index (χ2n) is 7.50. The van der Waals surface area contributed by atoms with Crippen molar-refractivity contribution in [2.75, 3.05) is 49.7 Å². The number of nitrogens with one attached hydrogen (secondary N) is 1. The lowest BCUT2D eigenvalue weighted by Crippen LogP contribution is -2.36. The smallest absolute Gasteiger partial charge is 0.293 e. The van der Waals surface area contributed by atoms with Crippen LogP contribution in [0.3, 0.4) is 0 Å². The molecule has 1 aliphatic rings. The van der Waals surface area contributed by atoms with Gasteiger partial charge in [0.25, 0.3) is 11.4 Å². The van der Waals surface area contributed by atoms with E-state index in [0.29, 0.717) is 37.6 Å². The van der Waals surface area contributed by atoms with Crippen LogP contribution in [0.25, 0.3) is 0 Å². The molecule has 35 heavy (non-hydrogen) atoms. The van der Waals surface area contributed by atoms with Crippen LogP contribution in [0.4, 0.5) is 22.7 Å². The van der Waals surface area contributed by atoms with Crippen LogP contribution < -0.4 is 10.3 Å². The van der Waals surface area contributed by atoms with Crippen LogP contribution in [-0.4, -0.2) is 68.2 Å². The number of non-ortho nitro benzene ring substituents is 1. The Morgan fingerprint density at radius 3 is 2.37 bits per heavy atom. The molecule has 2 aromatic carbocycles. The Labute approximate surface area is 202 Å². The normalized spacial score (nSPS) is 14.4. The molecule has 188 valence electrons. The number of morpholine rings is 1. The summed E-state index contributed by atoms with van der Waals surface area (Å²) in [5.74, 6) is 0. The van der Waals surface area contributed by atoms with E-state index in [9.17, 15) is 28.6 Å². The van der Waals surface area contributed by atoms with Crippen molar-refractivity contribution in [1.29, 1.82) is 0 Å². The fourth-order valence-corrected chi connectivity index (χ4v) is 5.27. The number of hydrazone groups is 1. The summed E-state index contributed by atoms with van der Waals surface area (Å²) in [4.78, 5) is 23.3. The monoisotopic (exact) mass is 506 g/mol. The minimum Gasteiger partial charge on any atom is -0.378 e. The van der Waals surface area contributed by atoms with Crippen molar-refractivity contribution in [2.24, 2.45) is 5.10 Å². The van der Waals surface area contributed by atoms with E-state index in [1.54, 1.807) is 26.0 Å². The van der Waals surface area contributed by atoms with Gasteiger partial charge in [0.15, 0.2) is 0 Å². The van der Waals surface area contributed by atoms with E-state index in [1.807, 2.05) is 4.90 Å². The van der Waals surface area contributed by atoms with Gasteiger partial charge >= 0.3 is 0 Å². The Balaban J connectivity index is 1.90. The van der Waals surface area contributed by atoms with Crippen LogP contribution >= 0.6 is 0 Å². The summed E-state index contributed by atoms with van der Waals surface area (Å²) in [6.45, 7) is 5.75. The molecule has 0 atom stereocenters. The first-order chi connectivity index (χ1) is 16.7. The first kappa shape index (κ1) is 26.0. The Morgan fingerprint density at radius 1 is 1.09 bits per heavy atom. The molecule has 1 saturated heterocycles. The van der Waals surface area contributed by atoms with Crippen LogP contribution in [0.5, 0.6) is 0 Å². The van der Waals surface area contributed by atoms with Gasteiger partial charge < -0.3 is 9.64 Å². The predicted molar refractivity (Wildman–Crippen MR) is 131 cm³/mol. The van der Waals surface area contributed by atoms with Crippen molar-refractivity contribution in [3.63, 3.8) is 0 Å². The lowest BCUT2D eigenvalue weighted by molar-refractivity contribution is -0.385. The Kier molecular flexibility index (Phi) is 8.32. The number of hydrogen-bond donors (Lipinski definition) is 1. The lowest BCUT2D eigenvalue weighted by Gasteiger charge is -2.28. The van der Waals surface area contributed by atoms with Crippen molar-refractivity contribution < 1.29 is 23.0 Å². The van der Waals surface area contributed by atoms with Gasteiger partial charge in [-0.05, 0) is 12.1 Å². The van der Waals surface area contributed by atoms with Gasteiger partial charge in [-0.15, -0.1) is 0 Å². The summed E-state index contributed by atoms with van der Waals surface area (Å²) in [5.41, 5.74) is 3.08. The van der Waals surface area contributed by atoms with Crippen LogP contribution in [0, 0.1) is 20.2 Å². The highest BCUT2D eigenvalue weighted by molar-refractivity contribution is 7.89. The summed E-state index contributed by atoms with van der Waals surface area (Å²) in [5, 5.41) is 26.9. The summed E-state index contributed by atoms with van der Waals surface area (Å²) in [7, 11) is -4.03. The average Bonchev–Trinajstić information content (AvgIpc) is 2.85. The van der Waals surface area contributed by atoms with Crippen LogP contribution in [-0.2, 0) is 14.8 Å². The molecular weight excluding hydrogens is 480 g/mol. The van der Waals surface area contributed by atoms with Gasteiger partial charge in [0.1, 0.15) is 10.6 Å². The third-order valence-corrected chi connectivity index (χ3v) is 7.54. The minimum atomic E-state index is -4.03. The van der Waals surface area contributed by atoms with Gasteiger partial charge in [-0.3, -0.25) is 25.7 Å². The van der Waals surface area contributed by atoms with E-state index in [0.717, 1.165) is 6.07 Å². The quantitative estimate of drug-likeness (QED) is 0.290. The number of anilines is 2. The fourth-order valence-electron chi connectivity index (χ4n) is 3.65. The van der Waals surface area contributed by atoms with Gasteiger partial charge in [0, 0.05) is 49.9 Å². The van der Waals surface area contributed by atoms with E-state index in [1.165, 1.54) is 28.7 Å². The Hall–Kier alpha value is -3.62. The molecule has 1 heterocycles. The number of sulfonamides is 1. The number of hydrogen-bond acceptors (Lipinski definition) is 10. The molecule has 1 fully saturated rings. The molecule has 0 bridgehead atoms. The predicted octanol–water partition coefficient (Wildman–Crippen LogP) is 2.82. The summed E-state index contributed by atoms with van der Waals surface area (Å²) in [6, 6.07) is 8.07. The van der Waals surface area contributed by atoms with E-state index in [4.69, 9.17) is 4.74 Å². The maximum Gasteiger partial charge on any atom is 0.293 e. The van der Waals surface area contributed by atoms with Crippen LogP contribution in [0.1, 0.15) is 19.4 Å². The number of ether oxygens (including phenoxy) is 1.